The van der Waals surface area contributed by atoms with Gasteiger partial charge < -0.3 is 74.0 Å². The first-order valence-electron chi connectivity index (χ1n) is 35.0. The van der Waals surface area contributed by atoms with E-state index in [9.17, 15) is 18.8 Å². The molecule has 0 radical (unpaired) electrons. The molecule has 1 aliphatic rings. The van der Waals surface area contributed by atoms with Crippen LogP contribution in [0.1, 0.15) is 131 Å². The third-order valence-corrected chi connectivity index (χ3v) is 18.5. The minimum absolute atomic E-state index is 0. The van der Waals surface area contributed by atoms with Gasteiger partial charge in [-0.2, -0.15) is 0 Å². The fourth-order valence-electron chi connectivity index (χ4n) is 12.1. The Kier molecular flexibility index (Phi) is 31.6. The molecule has 1 aliphatic heterocycles. The van der Waals surface area contributed by atoms with Crippen LogP contribution in [0.3, 0.4) is 0 Å². The number of carbonyl (C=O) groups is 3. The average Bonchev–Trinajstić information content (AvgIpc) is 1.60. The first-order valence-corrected chi connectivity index (χ1v) is 35.4. The van der Waals surface area contributed by atoms with Crippen LogP contribution in [0.5, 0.6) is 17.2 Å². The number of furan rings is 3. The molecule has 9 aromatic carbocycles. The zero-order valence-electron chi connectivity index (χ0n) is 62.9. The van der Waals surface area contributed by atoms with Crippen LogP contribution in [0.4, 0.5) is 13.2 Å². The molecule has 3 atom stereocenters. The van der Waals surface area contributed by atoms with E-state index in [1.54, 1.807) is 126 Å². The van der Waals surface area contributed by atoms with Crippen LogP contribution in [0.15, 0.2) is 214 Å². The molecular formula is C85H88BCl2F3LiN3O15. The molecule has 0 spiro atoms. The molecule has 110 heavy (non-hydrogen) atoms. The van der Waals surface area contributed by atoms with Gasteiger partial charge in [0.1, 0.15) is 71.3 Å². The van der Waals surface area contributed by atoms with E-state index < -0.39 is 42.2 Å². The molecule has 12 aromatic rings. The van der Waals surface area contributed by atoms with Crippen LogP contribution < -0.4 is 55.7 Å². The van der Waals surface area contributed by atoms with E-state index >= 15 is 8.78 Å². The Hall–Kier alpha value is -9.80. The summed E-state index contributed by atoms with van der Waals surface area (Å²) >= 11 is 5.53. The fourth-order valence-corrected chi connectivity index (χ4v) is 12.3. The molecule has 0 amide bonds. The first-order chi connectivity index (χ1) is 51.2. The average molecular weight is 1540 g/mol. The number of esters is 2. The Balaban J connectivity index is 0.000000211. The monoisotopic (exact) mass is 1540 g/mol. The maximum atomic E-state index is 15.3. The summed E-state index contributed by atoms with van der Waals surface area (Å²) in [5, 5.41) is 11.9. The van der Waals surface area contributed by atoms with Crippen molar-refractivity contribution in [3.63, 3.8) is 0 Å². The van der Waals surface area contributed by atoms with E-state index in [0.29, 0.717) is 92.7 Å². The molecule has 18 nitrogen and oxygen atoms in total. The number of carboxylic acids is 1. The number of hydrogen-bond donors (Lipinski definition) is 4. The van der Waals surface area contributed by atoms with E-state index in [2.05, 4.69) is 0 Å². The number of hydrogen-bond acceptors (Lipinski definition) is 17. The molecule has 25 heteroatoms. The molecule has 0 saturated carbocycles. The summed E-state index contributed by atoms with van der Waals surface area (Å²) in [6.45, 7) is 18.3. The van der Waals surface area contributed by atoms with Crippen molar-refractivity contribution in [3.05, 3.63) is 273 Å². The Labute approximate surface area is 660 Å². The number of carboxylic acid groups (broad SMARTS) is 1. The Morgan fingerprint density at radius 2 is 0.818 bits per heavy atom. The fraction of sp³-hybridized carbons (Fsp3) is 0.259. The van der Waals surface area contributed by atoms with Gasteiger partial charge in [0.25, 0.3) is 0 Å². The molecule has 3 aromatic heterocycles. The number of ether oxygens (including phenoxy) is 5. The number of halogens is 5. The zero-order valence-corrected chi connectivity index (χ0v) is 64.4. The number of para-hydroxylation sites is 3. The summed E-state index contributed by atoms with van der Waals surface area (Å²) in [4.78, 5) is 35.0. The van der Waals surface area contributed by atoms with Crippen LogP contribution >= 0.6 is 24.0 Å². The second kappa shape index (κ2) is 39.7. The van der Waals surface area contributed by atoms with Gasteiger partial charge in [-0.05, 0) is 152 Å². The van der Waals surface area contributed by atoms with E-state index in [0.717, 1.165) is 55.0 Å². The number of nitrogens with two attached hydrogens (primary N) is 3. The van der Waals surface area contributed by atoms with Crippen LogP contribution in [-0.2, 0) is 72.2 Å². The van der Waals surface area contributed by atoms with Gasteiger partial charge in [-0.1, -0.05) is 121 Å². The van der Waals surface area contributed by atoms with E-state index in [1.165, 1.54) is 6.07 Å². The van der Waals surface area contributed by atoms with Crippen molar-refractivity contribution in [2.24, 2.45) is 17.2 Å². The largest absolute Gasteiger partial charge is 1.00 e. The molecule has 1 fully saturated rings. The molecule has 13 rings (SSSR count). The minimum Gasteiger partial charge on any atom is -0.870 e. The molecule has 1 saturated heterocycles. The molecule has 8 N–H and O–H groups in total. The van der Waals surface area contributed by atoms with Gasteiger partial charge in [-0.25, -0.2) is 13.2 Å². The van der Waals surface area contributed by atoms with Gasteiger partial charge in [0.05, 0.1) is 67.5 Å². The van der Waals surface area contributed by atoms with Gasteiger partial charge in [-0.15, -0.1) is 12.4 Å². The van der Waals surface area contributed by atoms with Gasteiger partial charge in [0.2, 0.25) is 0 Å². The number of fused-ring (bicyclic) bond motifs is 3. The van der Waals surface area contributed by atoms with Gasteiger partial charge in [0, 0.05) is 95.4 Å². The van der Waals surface area contributed by atoms with E-state index in [4.69, 9.17) is 80.2 Å². The van der Waals surface area contributed by atoms with Crippen molar-refractivity contribution in [3.8, 4) is 39.5 Å². The normalized spacial score (nSPS) is 13.3. The maximum Gasteiger partial charge on any atom is 1.00 e. The maximum absolute atomic E-state index is 15.3. The predicted molar refractivity (Wildman–Crippen MR) is 418 cm³/mol. The molecule has 0 unspecified atom stereocenters. The number of carbonyl (C=O) groups excluding carboxylic acids is 2. The molecular weight excluding hydrogens is 1450 g/mol. The number of rotatable bonds is 23. The quantitative estimate of drug-likeness (QED) is 0.0342. The van der Waals surface area contributed by atoms with Crippen molar-refractivity contribution in [2.75, 3.05) is 13.2 Å². The Morgan fingerprint density at radius 3 is 1.19 bits per heavy atom. The molecule has 4 heterocycles. The third kappa shape index (κ3) is 21.6. The predicted octanol–water partition coefficient (Wildman–Crippen LogP) is 15.6. The van der Waals surface area contributed by atoms with E-state index in [-0.39, 0.29) is 104 Å². The van der Waals surface area contributed by atoms with Gasteiger partial charge in [-0.3, -0.25) is 14.4 Å². The van der Waals surface area contributed by atoms with Crippen molar-refractivity contribution in [1.29, 1.82) is 0 Å². The second-order valence-electron chi connectivity index (χ2n) is 26.7. The van der Waals surface area contributed by atoms with Crippen molar-refractivity contribution in [2.45, 2.75) is 131 Å². The van der Waals surface area contributed by atoms with Crippen molar-refractivity contribution < 1.29 is 103 Å². The standard InChI is InChI=1S/C27H26FNO4.C25H29BO6.C25H22FNO4.C8H9ClFN.ClH.Li.H2O/c1-3-31-25(30)15-19-7-4-5-10-24(19)33-16-18-13-20-11-12-32-27(20)23(14-18)22-9-6-8-21(17(2)29)26(22)28;1-6-28-22(27)15-18-9-7-8-10-21(18)30-16-17-13-19-11-12-29-23(19)20(14-17)26-31-24(2,3)25(4,5)32-26;1-15(27)19-6-4-7-20(24(19)26)21-12-16(11-18-9-10-30-25(18)21)14-31-22-8-3-2-5-17(22)13-23(28)29;1-5(11)6-3-2-4-7(9)8(6)10;;;/h4-14,17H,3,15-16,29H2,1-2H3;7-14H,6,15-16H2,1-5H3;2-12,15H,13-14,27H2,1H3,(H,28,29);2-5H,11H2,1H3;1H;;1H2/q;;;;;+1;/p-1/t17-;;15-;5-;;;/m1.11.../s1. The van der Waals surface area contributed by atoms with Gasteiger partial charge in [0.15, 0.2) is 0 Å². The summed E-state index contributed by atoms with van der Waals surface area (Å²) in [7, 11) is -0.537. The van der Waals surface area contributed by atoms with Crippen LogP contribution in [0, 0.1) is 17.5 Å². The summed E-state index contributed by atoms with van der Waals surface area (Å²) in [6.07, 6.45) is 4.99. The van der Waals surface area contributed by atoms with Crippen molar-refractivity contribution in [1.82, 2.24) is 0 Å². The van der Waals surface area contributed by atoms with Crippen molar-refractivity contribution >= 4 is 87.4 Å². The summed E-state index contributed by atoms with van der Waals surface area (Å²) in [5.41, 5.74) is 27.4. The van der Waals surface area contributed by atoms with Crippen LogP contribution in [-0.4, -0.2) is 60.0 Å². The minimum atomic E-state index is -0.928. The Bertz CT molecular complexity index is 5090. The Morgan fingerprint density at radius 1 is 0.473 bits per heavy atom. The SMILES string of the molecule is CCOC(=O)Cc1ccccc1OCc1cc(-c2cccc([C@@H](C)N)c2F)c2occc2c1.CCOC(=O)Cc1ccccc1OCc1cc(B2OC(C)(C)C(C)(C)O2)c2occc2c1.C[C@@H](N)c1cccc(-c2cc(COc3ccccc3CC(=O)O)cc3ccoc23)c1F.C[C@@H](N)c1cccc(Cl)c1F.Cl.[Li+].[OH-]. The van der Waals surface area contributed by atoms with Crippen LogP contribution in [0.25, 0.3) is 55.2 Å². The molecule has 0 bridgehead atoms. The van der Waals surface area contributed by atoms with E-state index in [1.807, 2.05) is 131 Å². The topological polar surface area (TPSA) is 284 Å². The van der Waals surface area contributed by atoms with Crippen LogP contribution in [0.2, 0.25) is 5.02 Å². The third-order valence-electron chi connectivity index (χ3n) is 18.2. The summed E-state index contributed by atoms with van der Waals surface area (Å²) in [5.74, 6) is -0.889. The van der Waals surface area contributed by atoms with Gasteiger partial charge >= 0.3 is 43.9 Å². The zero-order chi connectivity index (χ0) is 76.7. The number of benzene rings is 9. The smallest absolute Gasteiger partial charge is 0.870 e. The first kappa shape index (κ1) is 87.4. The molecule has 0 aliphatic carbocycles. The summed E-state index contributed by atoms with van der Waals surface area (Å²) in [6, 6.07) is 53.0. The number of aliphatic carboxylic acids is 1. The second-order valence-corrected chi connectivity index (χ2v) is 27.1. The summed E-state index contributed by atoms with van der Waals surface area (Å²) < 4.78 is 101. The molecule has 572 valence electrons.